The zero-order valence-electron chi connectivity index (χ0n) is 16.6. The topological polar surface area (TPSA) is 69.6 Å². The highest BCUT2D eigenvalue weighted by Gasteiger charge is 2.31. The summed E-state index contributed by atoms with van der Waals surface area (Å²) in [5, 5.41) is 0. The molecule has 156 valence electrons. The molecule has 1 aromatic heterocycles. The Bertz CT molecular complexity index is 971. The number of rotatable bonds is 4. The molecular formula is C20H26FN5O2S. The molecule has 2 aliphatic rings. The minimum absolute atomic E-state index is 0.271. The lowest BCUT2D eigenvalue weighted by atomic mass is 10.1. The summed E-state index contributed by atoms with van der Waals surface area (Å²) in [7, 11) is -3.85. The molecule has 0 spiro atoms. The number of piperazine rings is 1. The van der Waals surface area contributed by atoms with Crippen LogP contribution in [-0.2, 0) is 10.0 Å². The van der Waals surface area contributed by atoms with Crippen LogP contribution < -0.4 is 9.80 Å². The van der Waals surface area contributed by atoms with E-state index in [1.54, 1.807) is 0 Å². The first-order valence-electron chi connectivity index (χ1n) is 10.1. The van der Waals surface area contributed by atoms with Crippen molar-refractivity contribution in [3.8, 4) is 0 Å². The van der Waals surface area contributed by atoms with Gasteiger partial charge in [0, 0.05) is 51.0 Å². The Hall–Kier alpha value is -2.26. The molecule has 2 aromatic rings. The van der Waals surface area contributed by atoms with E-state index >= 15 is 0 Å². The minimum atomic E-state index is -3.85. The van der Waals surface area contributed by atoms with Gasteiger partial charge in [-0.1, -0.05) is 12.1 Å². The molecule has 3 heterocycles. The fourth-order valence-corrected chi connectivity index (χ4v) is 5.37. The first kappa shape index (κ1) is 20.0. The highest BCUT2D eigenvalue weighted by atomic mass is 32.2. The Labute approximate surface area is 171 Å². The third-order valence-corrected chi connectivity index (χ3v) is 7.42. The van der Waals surface area contributed by atoms with Crippen LogP contribution in [0.15, 0.2) is 35.2 Å². The molecule has 0 unspecified atom stereocenters. The van der Waals surface area contributed by atoms with Gasteiger partial charge in [0.25, 0.3) is 0 Å². The predicted molar refractivity (Wildman–Crippen MR) is 110 cm³/mol. The van der Waals surface area contributed by atoms with Crippen LogP contribution in [0, 0.1) is 12.7 Å². The maximum Gasteiger partial charge on any atom is 0.246 e. The van der Waals surface area contributed by atoms with E-state index in [2.05, 4.69) is 9.88 Å². The van der Waals surface area contributed by atoms with E-state index in [0.29, 0.717) is 19.0 Å². The number of halogens is 1. The van der Waals surface area contributed by atoms with Crippen molar-refractivity contribution in [2.24, 2.45) is 0 Å². The van der Waals surface area contributed by atoms with Crippen LogP contribution in [-0.4, -0.2) is 62.0 Å². The van der Waals surface area contributed by atoms with Crippen LogP contribution in [0.25, 0.3) is 0 Å². The summed E-state index contributed by atoms with van der Waals surface area (Å²) in [4.78, 5) is 13.4. The van der Waals surface area contributed by atoms with E-state index in [-0.39, 0.29) is 18.0 Å². The number of benzene rings is 1. The molecule has 9 heteroatoms. The van der Waals surface area contributed by atoms with Gasteiger partial charge in [-0.15, -0.1) is 0 Å². The van der Waals surface area contributed by atoms with Gasteiger partial charge in [0.05, 0.1) is 0 Å². The van der Waals surface area contributed by atoms with E-state index in [9.17, 15) is 12.8 Å². The summed E-state index contributed by atoms with van der Waals surface area (Å²) in [6.07, 6.45) is 3.60. The average Bonchev–Trinajstić information content (AvgIpc) is 2.74. The molecule has 2 aliphatic heterocycles. The maximum absolute atomic E-state index is 14.0. The minimum Gasteiger partial charge on any atom is -0.356 e. The zero-order valence-corrected chi connectivity index (χ0v) is 17.4. The van der Waals surface area contributed by atoms with Gasteiger partial charge < -0.3 is 9.80 Å². The van der Waals surface area contributed by atoms with Gasteiger partial charge in [0.1, 0.15) is 16.5 Å². The first-order valence-corrected chi connectivity index (χ1v) is 11.5. The second-order valence-electron chi connectivity index (χ2n) is 7.54. The lowest BCUT2D eigenvalue weighted by Gasteiger charge is -2.35. The van der Waals surface area contributed by atoms with E-state index in [4.69, 9.17) is 4.98 Å². The molecule has 0 atom stereocenters. The number of hydrogen-bond acceptors (Lipinski definition) is 6. The van der Waals surface area contributed by atoms with Crippen molar-refractivity contribution in [1.29, 1.82) is 0 Å². The number of piperidine rings is 1. The first-order chi connectivity index (χ1) is 13.9. The average molecular weight is 420 g/mol. The van der Waals surface area contributed by atoms with Crippen LogP contribution in [0.4, 0.5) is 16.2 Å². The van der Waals surface area contributed by atoms with Gasteiger partial charge in [-0.25, -0.2) is 17.8 Å². The van der Waals surface area contributed by atoms with Crippen molar-refractivity contribution in [3.05, 3.63) is 41.8 Å². The number of aryl methyl sites for hydroxylation is 1. The largest absolute Gasteiger partial charge is 0.356 e. The molecule has 0 radical (unpaired) electrons. The monoisotopic (exact) mass is 419 g/mol. The quantitative estimate of drug-likeness (QED) is 0.758. The summed E-state index contributed by atoms with van der Waals surface area (Å²) < 4.78 is 40.9. The Morgan fingerprint density at radius 3 is 2.28 bits per heavy atom. The second-order valence-corrected chi connectivity index (χ2v) is 9.44. The molecule has 0 bridgehead atoms. The zero-order chi connectivity index (χ0) is 20.4. The molecule has 0 saturated carbocycles. The van der Waals surface area contributed by atoms with Crippen molar-refractivity contribution < 1.29 is 12.8 Å². The van der Waals surface area contributed by atoms with Crippen molar-refractivity contribution >= 4 is 21.8 Å². The van der Waals surface area contributed by atoms with E-state index in [1.165, 1.54) is 47.8 Å². The summed E-state index contributed by atoms with van der Waals surface area (Å²) in [6, 6.07) is 7.52. The number of nitrogens with zero attached hydrogens (tertiary/aromatic N) is 5. The fraction of sp³-hybridized carbons (Fsp3) is 0.500. The van der Waals surface area contributed by atoms with Crippen molar-refractivity contribution in [2.45, 2.75) is 31.1 Å². The molecule has 2 saturated heterocycles. The third kappa shape index (κ3) is 4.20. The Morgan fingerprint density at radius 2 is 1.59 bits per heavy atom. The SMILES string of the molecule is Cc1cc(N2CCCCC2)nc(N2CCN(S(=O)(=O)c3ccccc3F)CC2)n1. The van der Waals surface area contributed by atoms with E-state index in [1.807, 2.05) is 17.9 Å². The van der Waals surface area contributed by atoms with Gasteiger partial charge in [0.2, 0.25) is 16.0 Å². The van der Waals surface area contributed by atoms with Crippen LogP contribution in [0.3, 0.4) is 0 Å². The summed E-state index contributed by atoms with van der Waals surface area (Å²) in [6.45, 7) is 5.44. The normalized spacial score (nSPS) is 18.8. The van der Waals surface area contributed by atoms with Gasteiger partial charge >= 0.3 is 0 Å². The molecule has 0 amide bonds. The lowest BCUT2D eigenvalue weighted by Crippen LogP contribution is -2.49. The van der Waals surface area contributed by atoms with Gasteiger partial charge in [-0.05, 0) is 38.3 Å². The fourth-order valence-electron chi connectivity index (χ4n) is 3.88. The molecular weight excluding hydrogens is 393 g/mol. The summed E-state index contributed by atoms with van der Waals surface area (Å²) >= 11 is 0. The van der Waals surface area contributed by atoms with Crippen molar-refractivity contribution in [1.82, 2.24) is 14.3 Å². The number of aromatic nitrogens is 2. The van der Waals surface area contributed by atoms with E-state index in [0.717, 1.165) is 24.6 Å². The standard InChI is InChI=1S/C20H26FN5O2S/c1-16-15-19(24-9-5-2-6-10-24)23-20(22-16)25-11-13-26(14-12-25)29(27,28)18-8-4-3-7-17(18)21/h3-4,7-8,15H,2,5-6,9-14H2,1H3. The van der Waals surface area contributed by atoms with Gasteiger partial charge in [-0.3, -0.25) is 0 Å². The highest BCUT2D eigenvalue weighted by Crippen LogP contribution is 2.24. The molecule has 1 aromatic carbocycles. The third-order valence-electron chi connectivity index (χ3n) is 5.48. The molecule has 29 heavy (non-hydrogen) atoms. The molecule has 0 aliphatic carbocycles. The second kappa shape index (κ2) is 8.23. The van der Waals surface area contributed by atoms with Crippen LogP contribution in [0.2, 0.25) is 0 Å². The number of sulfonamides is 1. The Morgan fingerprint density at radius 1 is 0.897 bits per heavy atom. The highest BCUT2D eigenvalue weighted by molar-refractivity contribution is 7.89. The van der Waals surface area contributed by atoms with Crippen LogP contribution in [0.5, 0.6) is 0 Å². The maximum atomic E-state index is 14.0. The molecule has 4 rings (SSSR count). The van der Waals surface area contributed by atoms with Gasteiger partial charge in [-0.2, -0.15) is 9.29 Å². The smallest absolute Gasteiger partial charge is 0.246 e. The molecule has 2 fully saturated rings. The summed E-state index contributed by atoms with van der Waals surface area (Å²) in [5.41, 5.74) is 0.900. The molecule has 0 N–H and O–H groups in total. The van der Waals surface area contributed by atoms with Gasteiger partial charge in [0.15, 0.2) is 0 Å². The van der Waals surface area contributed by atoms with Crippen LogP contribution >= 0.6 is 0 Å². The lowest BCUT2D eigenvalue weighted by molar-refractivity contribution is 0.380. The van der Waals surface area contributed by atoms with E-state index < -0.39 is 15.8 Å². The molecule has 7 nitrogen and oxygen atoms in total. The predicted octanol–water partition coefficient (Wildman–Crippen LogP) is 2.43. The summed E-state index contributed by atoms with van der Waals surface area (Å²) in [5.74, 6) is 0.852. The van der Waals surface area contributed by atoms with Crippen molar-refractivity contribution in [2.75, 3.05) is 49.1 Å². The number of anilines is 2. The Balaban J connectivity index is 1.48. The van der Waals surface area contributed by atoms with Crippen LogP contribution in [0.1, 0.15) is 25.0 Å². The van der Waals surface area contributed by atoms with Crippen molar-refractivity contribution in [3.63, 3.8) is 0 Å². The number of hydrogen-bond donors (Lipinski definition) is 0. The Kier molecular flexibility index (Phi) is 5.69.